The summed E-state index contributed by atoms with van der Waals surface area (Å²) < 4.78 is 0. The monoisotopic (exact) mass is 356 g/mol. The Morgan fingerprint density at radius 3 is 2.64 bits per heavy atom. The lowest BCUT2D eigenvalue weighted by molar-refractivity contribution is -0.132. The van der Waals surface area contributed by atoms with Gasteiger partial charge in [0.25, 0.3) is 0 Å². The number of carbonyl (C=O) groups excluding carboxylic acids is 1. The quantitative estimate of drug-likeness (QED) is 0.673. The Balaban J connectivity index is 1.34. The second-order valence-corrected chi connectivity index (χ2v) is 6.49. The molecule has 0 aliphatic carbocycles. The van der Waals surface area contributed by atoms with Gasteiger partial charge >= 0.3 is 0 Å². The summed E-state index contributed by atoms with van der Waals surface area (Å²) in [4.78, 5) is 27.1. The van der Waals surface area contributed by atoms with Gasteiger partial charge in [-0.3, -0.25) is 4.79 Å². The van der Waals surface area contributed by atoms with Crippen molar-refractivity contribution in [3.8, 4) is 10.7 Å². The van der Waals surface area contributed by atoms with Crippen molar-refractivity contribution in [1.82, 2.24) is 35.1 Å². The summed E-state index contributed by atoms with van der Waals surface area (Å²) in [5, 5.41) is 14.2. The van der Waals surface area contributed by atoms with E-state index in [0.717, 1.165) is 4.88 Å². The van der Waals surface area contributed by atoms with E-state index in [4.69, 9.17) is 0 Å². The van der Waals surface area contributed by atoms with Crippen molar-refractivity contribution in [2.45, 2.75) is 6.54 Å². The van der Waals surface area contributed by atoms with Gasteiger partial charge in [-0.25, -0.2) is 9.97 Å². The molecule has 1 aliphatic heterocycles. The number of rotatable bonds is 4. The minimum Gasteiger partial charge on any atom is -0.337 e. The molecule has 0 atom stereocenters. The zero-order valence-corrected chi connectivity index (χ0v) is 14.2. The summed E-state index contributed by atoms with van der Waals surface area (Å²) in [7, 11) is 0. The second-order valence-electron chi connectivity index (χ2n) is 5.54. The highest BCUT2D eigenvalue weighted by atomic mass is 32.1. The number of aromatic nitrogens is 6. The Labute approximate surface area is 147 Å². The van der Waals surface area contributed by atoms with Crippen molar-refractivity contribution in [3.63, 3.8) is 0 Å². The van der Waals surface area contributed by atoms with Crippen LogP contribution in [0.4, 0.5) is 5.95 Å². The Morgan fingerprint density at radius 1 is 1.12 bits per heavy atom. The van der Waals surface area contributed by atoms with E-state index < -0.39 is 0 Å². The van der Waals surface area contributed by atoms with Crippen LogP contribution in [0.25, 0.3) is 10.7 Å². The number of anilines is 1. The van der Waals surface area contributed by atoms with E-state index in [9.17, 15) is 4.79 Å². The maximum absolute atomic E-state index is 12.5. The topological polar surface area (TPSA) is 92.9 Å². The Kier molecular flexibility index (Phi) is 4.34. The van der Waals surface area contributed by atoms with Gasteiger partial charge in [-0.15, -0.1) is 21.5 Å². The van der Waals surface area contributed by atoms with E-state index in [2.05, 4.69) is 30.3 Å². The second kappa shape index (κ2) is 6.93. The molecule has 0 spiro atoms. The third-order valence-corrected chi connectivity index (χ3v) is 4.80. The fourth-order valence-electron chi connectivity index (χ4n) is 2.65. The largest absolute Gasteiger partial charge is 0.337 e. The SMILES string of the molecule is O=C(Cn1nnc(-c2cccs2)n1)N1CCN(c2ncccn2)CC1. The summed E-state index contributed by atoms with van der Waals surface area (Å²) in [6, 6.07) is 5.65. The molecule has 4 rings (SSSR count). The predicted molar refractivity (Wildman–Crippen MR) is 92.0 cm³/mol. The average molecular weight is 356 g/mol. The zero-order chi connectivity index (χ0) is 17.1. The first-order valence-electron chi connectivity index (χ1n) is 7.91. The van der Waals surface area contributed by atoms with Gasteiger partial charge in [-0.1, -0.05) is 6.07 Å². The van der Waals surface area contributed by atoms with Crippen LogP contribution in [0.5, 0.6) is 0 Å². The van der Waals surface area contributed by atoms with Crippen molar-refractivity contribution in [1.29, 1.82) is 0 Å². The molecule has 0 saturated carbocycles. The number of carbonyl (C=O) groups is 1. The van der Waals surface area contributed by atoms with Gasteiger partial charge in [-0.05, 0) is 22.7 Å². The molecule has 3 aromatic rings. The summed E-state index contributed by atoms with van der Waals surface area (Å²) >= 11 is 1.54. The molecule has 25 heavy (non-hydrogen) atoms. The van der Waals surface area contributed by atoms with Gasteiger partial charge in [0.05, 0.1) is 4.88 Å². The van der Waals surface area contributed by atoms with Crippen molar-refractivity contribution in [3.05, 3.63) is 36.0 Å². The van der Waals surface area contributed by atoms with Gasteiger partial charge in [0.2, 0.25) is 17.7 Å². The molecule has 4 heterocycles. The van der Waals surface area contributed by atoms with Crippen molar-refractivity contribution < 1.29 is 4.79 Å². The zero-order valence-electron chi connectivity index (χ0n) is 13.4. The van der Waals surface area contributed by atoms with Crippen LogP contribution in [0.15, 0.2) is 36.0 Å². The van der Waals surface area contributed by atoms with E-state index in [1.54, 1.807) is 29.8 Å². The number of hydrogen-bond donors (Lipinski definition) is 0. The van der Waals surface area contributed by atoms with Gasteiger partial charge in [0, 0.05) is 38.6 Å². The Hall–Kier alpha value is -2.88. The van der Waals surface area contributed by atoms with Gasteiger partial charge < -0.3 is 9.80 Å². The normalized spacial score (nSPS) is 14.7. The Bertz CT molecular complexity index is 826. The number of piperazine rings is 1. The molecule has 0 bridgehead atoms. The van der Waals surface area contributed by atoms with Crippen LogP contribution in [0.1, 0.15) is 0 Å². The molecule has 0 N–H and O–H groups in total. The van der Waals surface area contributed by atoms with E-state index in [1.165, 1.54) is 4.80 Å². The van der Waals surface area contributed by atoms with E-state index in [-0.39, 0.29) is 12.5 Å². The average Bonchev–Trinajstić information content (AvgIpc) is 3.34. The number of tetrazole rings is 1. The number of hydrogen-bond acceptors (Lipinski definition) is 8. The standard InChI is InChI=1S/C15H16N8OS/c24-13(11-23-19-14(18-20-23)12-3-1-10-25-12)21-6-8-22(9-7-21)15-16-4-2-5-17-15/h1-5,10H,6-9,11H2. The first-order chi connectivity index (χ1) is 12.3. The molecule has 1 amide bonds. The van der Waals surface area contributed by atoms with E-state index in [1.807, 2.05) is 22.4 Å². The molecule has 128 valence electrons. The molecule has 1 saturated heterocycles. The van der Waals surface area contributed by atoms with E-state index >= 15 is 0 Å². The van der Waals surface area contributed by atoms with Crippen LogP contribution in [-0.4, -0.2) is 67.2 Å². The molecular formula is C15H16N8OS. The summed E-state index contributed by atoms with van der Waals surface area (Å²) in [5.41, 5.74) is 0. The number of thiophene rings is 1. The molecule has 1 aliphatic rings. The van der Waals surface area contributed by atoms with E-state index in [0.29, 0.717) is 38.0 Å². The molecular weight excluding hydrogens is 340 g/mol. The molecule has 1 fully saturated rings. The van der Waals surface area contributed by atoms with Crippen LogP contribution in [0.3, 0.4) is 0 Å². The maximum atomic E-state index is 12.5. The van der Waals surface area contributed by atoms with Crippen molar-refractivity contribution in [2.24, 2.45) is 0 Å². The lowest BCUT2D eigenvalue weighted by atomic mass is 10.3. The minimum absolute atomic E-state index is 0.0104. The fraction of sp³-hybridized carbons (Fsp3) is 0.333. The maximum Gasteiger partial charge on any atom is 0.246 e. The number of nitrogens with zero attached hydrogens (tertiary/aromatic N) is 8. The summed E-state index contributed by atoms with van der Waals surface area (Å²) in [5.74, 6) is 1.24. The molecule has 3 aromatic heterocycles. The fourth-order valence-corrected chi connectivity index (χ4v) is 3.29. The highest BCUT2D eigenvalue weighted by Gasteiger charge is 2.23. The Morgan fingerprint density at radius 2 is 1.92 bits per heavy atom. The minimum atomic E-state index is -0.0104. The van der Waals surface area contributed by atoms with Crippen LogP contribution in [-0.2, 0) is 11.3 Å². The summed E-state index contributed by atoms with van der Waals surface area (Å²) in [6.07, 6.45) is 3.45. The van der Waals surface area contributed by atoms with Crippen LogP contribution < -0.4 is 4.90 Å². The lowest BCUT2D eigenvalue weighted by Crippen LogP contribution is -2.50. The third-order valence-electron chi connectivity index (χ3n) is 3.94. The van der Waals surface area contributed by atoms with Crippen molar-refractivity contribution >= 4 is 23.2 Å². The molecule has 0 unspecified atom stereocenters. The highest BCUT2D eigenvalue weighted by Crippen LogP contribution is 2.19. The lowest BCUT2D eigenvalue weighted by Gasteiger charge is -2.34. The van der Waals surface area contributed by atoms with Gasteiger partial charge in [0.15, 0.2) is 0 Å². The van der Waals surface area contributed by atoms with Crippen molar-refractivity contribution in [2.75, 3.05) is 31.1 Å². The molecule has 10 heteroatoms. The first-order valence-corrected chi connectivity index (χ1v) is 8.79. The van der Waals surface area contributed by atoms with Crippen LogP contribution in [0, 0.1) is 0 Å². The number of amides is 1. The van der Waals surface area contributed by atoms with Gasteiger partial charge in [-0.2, -0.15) is 4.80 Å². The smallest absolute Gasteiger partial charge is 0.246 e. The molecule has 0 aromatic carbocycles. The molecule has 0 radical (unpaired) electrons. The van der Waals surface area contributed by atoms with Gasteiger partial charge in [0.1, 0.15) is 6.54 Å². The van der Waals surface area contributed by atoms with Crippen LogP contribution >= 0.6 is 11.3 Å². The molecule has 9 nitrogen and oxygen atoms in total. The highest BCUT2D eigenvalue weighted by molar-refractivity contribution is 7.13. The van der Waals surface area contributed by atoms with Crippen LogP contribution in [0.2, 0.25) is 0 Å². The predicted octanol–water partition coefficient (Wildman–Crippen LogP) is 0.540. The third kappa shape index (κ3) is 3.48. The summed E-state index contributed by atoms with van der Waals surface area (Å²) in [6.45, 7) is 2.77. The first kappa shape index (κ1) is 15.6.